The molecule has 0 spiro atoms. The van der Waals surface area contributed by atoms with Crippen LogP contribution in [0.3, 0.4) is 0 Å². The fourth-order valence-corrected chi connectivity index (χ4v) is 3.74. The average Bonchev–Trinajstić information content (AvgIpc) is 2.90. The number of aromatic nitrogens is 1. The predicted octanol–water partition coefficient (Wildman–Crippen LogP) is 2.61. The molecular formula is C21H26N4O2. The number of nitrogens with one attached hydrogen (secondary N) is 1. The number of anilines is 1. The molecule has 1 N–H and O–H groups in total. The van der Waals surface area contributed by atoms with Crippen LogP contribution >= 0.6 is 0 Å². The topological polar surface area (TPSA) is 65.5 Å². The molecule has 0 bridgehead atoms. The van der Waals surface area contributed by atoms with E-state index in [2.05, 4.69) is 21.3 Å². The molecule has 3 rings (SSSR count). The molecule has 27 heavy (non-hydrogen) atoms. The summed E-state index contributed by atoms with van der Waals surface area (Å²) in [7, 11) is 5.77. The van der Waals surface area contributed by atoms with E-state index in [4.69, 9.17) is 0 Å². The van der Waals surface area contributed by atoms with Gasteiger partial charge in [0, 0.05) is 38.1 Å². The number of amides is 2. The van der Waals surface area contributed by atoms with Crippen molar-refractivity contribution in [2.75, 3.05) is 26.5 Å². The highest BCUT2D eigenvalue weighted by molar-refractivity contribution is 5.98. The Balaban J connectivity index is 1.82. The zero-order valence-electron chi connectivity index (χ0n) is 16.3. The van der Waals surface area contributed by atoms with E-state index in [0.29, 0.717) is 0 Å². The van der Waals surface area contributed by atoms with E-state index in [1.54, 1.807) is 24.3 Å². The van der Waals surface area contributed by atoms with E-state index in [1.165, 1.54) is 0 Å². The minimum atomic E-state index is -0.440. The lowest BCUT2D eigenvalue weighted by Gasteiger charge is -2.24. The van der Waals surface area contributed by atoms with E-state index in [1.807, 2.05) is 45.3 Å². The Morgan fingerprint density at radius 1 is 1.33 bits per heavy atom. The van der Waals surface area contributed by atoms with E-state index in [-0.39, 0.29) is 24.3 Å². The molecule has 1 aromatic heterocycles. The summed E-state index contributed by atoms with van der Waals surface area (Å²) in [6.07, 6.45) is 3.62. The zero-order chi connectivity index (χ0) is 19.6. The van der Waals surface area contributed by atoms with Gasteiger partial charge >= 0.3 is 0 Å². The second-order valence-corrected chi connectivity index (χ2v) is 7.48. The first-order chi connectivity index (χ1) is 12.8. The number of likely N-dealkylation sites (tertiary alicyclic amines) is 1. The zero-order valence-corrected chi connectivity index (χ0v) is 16.3. The van der Waals surface area contributed by atoms with Crippen LogP contribution in [0.4, 0.5) is 5.69 Å². The maximum Gasteiger partial charge on any atom is 0.230 e. The molecule has 142 valence electrons. The summed E-state index contributed by atoms with van der Waals surface area (Å²) < 4.78 is 0. The summed E-state index contributed by atoms with van der Waals surface area (Å²) in [6, 6.07) is 9.50. The van der Waals surface area contributed by atoms with Crippen LogP contribution in [0.5, 0.6) is 0 Å². The molecular weight excluding hydrogens is 340 g/mol. The van der Waals surface area contributed by atoms with Crippen LogP contribution in [0.25, 0.3) is 0 Å². The van der Waals surface area contributed by atoms with Crippen LogP contribution in [0.15, 0.2) is 42.7 Å². The number of carbonyl (C=O) groups is 2. The smallest absolute Gasteiger partial charge is 0.230 e. The molecule has 2 amide bonds. The van der Waals surface area contributed by atoms with Gasteiger partial charge in [-0.05, 0) is 55.9 Å². The normalized spacial score (nSPS) is 19.6. The molecule has 0 radical (unpaired) electrons. The second-order valence-electron chi connectivity index (χ2n) is 7.48. The van der Waals surface area contributed by atoms with Crippen molar-refractivity contribution in [1.29, 1.82) is 0 Å². The van der Waals surface area contributed by atoms with Gasteiger partial charge in [-0.25, -0.2) is 0 Å². The van der Waals surface area contributed by atoms with Gasteiger partial charge in [0.25, 0.3) is 0 Å². The predicted molar refractivity (Wildman–Crippen MR) is 105 cm³/mol. The number of hydrogen-bond acceptors (Lipinski definition) is 4. The van der Waals surface area contributed by atoms with Crippen LogP contribution in [0.2, 0.25) is 0 Å². The molecule has 1 aromatic carbocycles. The number of carbonyl (C=O) groups excluding carboxylic acids is 2. The van der Waals surface area contributed by atoms with Crippen LogP contribution in [-0.4, -0.2) is 47.7 Å². The third-order valence-electron chi connectivity index (χ3n) is 4.85. The van der Waals surface area contributed by atoms with Crippen molar-refractivity contribution in [2.24, 2.45) is 5.92 Å². The Morgan fingerprint density at radius 2 is 2.11 bits per heavy atom. The summed E-state index contributed by atoms with van der Waals surface area (Å²) in [5, 5.41) is 3.02. The summed E-state index contributed by atoms with van der Waals surface area (Å²) in [4.78, 5) is 33.2. The first-order valence-corrected chi connectivity index (χ1v) is 9.07. The first kappa shape index (κ1) is 19.0. The molecule has 0 aliphatic carbocycles. The van der Waals surface area contributed by atoms with Crippen LogP contribution in [0.1, 0.15) is 29.2 Å². The highest BCUT2D eigenvalue weighted by Gasteiger charge is 2.42. The molecule has 2 atom stereocenters. The summed E-state index contributed by atoms with van der Waals surface area (Å²) in [5.41, 5.74) is 3.87. The van der Waals surface area contributed by atoms with Crippen molar-refractivity contribution < 1.29 is 9.59 Å². The Kier molecular flexibility index (Phi) is 5.56. The molecule has 0 unspecified atom stereocenters. The van der Waals surface area contributed by atoms with Crippen molar-refractivity contribution in [3.63, 3.8) is 0 Å². The molecule has 1 aliphatic rings. The lowest BCUT2D eigenvalue weighted by atomic mass is 9.93. The highest BCUT2D eigenvalue weighted by Crippen LogP contribution is 2.37. The maximum atomic E-state index is 13.0. The molecule has 1 saturated heterocycles. The van der Waals surface area contributed by atoms with E-state index in [0.717, 1.165) is 28.9 Å². The number of hydrogen-bond donors (Lipinski definition) is 1. The van der Waals surface area contributed by atoms with Crippen molar-refractivity contribution in [2.45, 2.75) is 25.9 Å². The summed E-state index contributed by atoms with van der Waals surface area (Å²) in [5.74, 6) is -0.603. The Hall–Kier alpha value is -2.73. The molecule has 1 fully saturated rings. The van der Waals surface area contributed by atoms with E-state index in [9.17, 15) is 9.59 Å². The third kappa shape index (κ3) is 4.34. The fraction of sp³-hybridized carbons (Fsp3) is 0.381. The largest absolute Gasteiger partial charge is 0.338 e. The van der Waals surface area contributed by atoms with Crippen molar-refractivity contribution in [3.8, 4) is 0 Å². The van der Waals surface area contributed by atoms with Gasteiger partial charge in [-0.3, -0.25) is 14.6 Å². The number of pyridine rings is 1. The number of rotatable bonds is 5. The SMILES string of the molecule is Cc1cc(CN(C)C)cc(NC(=O)[C@H]2CC(=O)N(C)[C@H]2c2cccnc2)c1. The third-order valence-corrected chi connectivity index (χ3v) is 4.85. The first-order valence-electron chi connectivity index (χ1n) is 9.07. The van der Waals surface area contributed by atoms with Crippen LogP contribution < -0.4 is 5.32 Å². The van der Waals surface area contributed by atoms with Gasteiger partial charge in [-0.15, -0.1) is 0 Å². The van der Waals surface area contributed by atoms with Gasteiger partial charge in [-0.1, -0.05) is 12.1 Å². The van der Waals surface area contributed by atoms with Gasteiger partial charge < -0.3 is 15.1 Å². The lowest BCUT2D eigenvalue weighted by Crippen LogP contribution is -2.30. The molecule has 2 aromatic rings. The number of aryl methyl sites for hydroxylation is 1. The Labute approximate surface area is 160 Å². The van der Waals surface area contributed by atoms with Crippen molar-refractivity contribution in [1.82, 2.24) is 14.8 Å². The van der Waals surface area contributed by atoms with Crippen molar-refractivity contribution in [3.05, 3.63) is 59.4 Å². The van der Waals surface area contributed by atoms with Gasteiger partial charge in [-0.2, -0.15) is 0 Å². The van der Waals surface area contributed by atoms with Gasteiger partial charge in [0.2, 0.25) is 11.8 Å². The van der Waals surface area contributed by atoms with Crippen molar-refractivity contribution >= 4 is 17.5 Å². The number of nitrogens with zero attached hydrogens (tertiary/aromatic N) is 3. The standard InChI is InChI=1S/C21H26N4O2/c1-14-8-15(13-24(2)3)10-17(9-14)23-21(27)18-11-19(26)25(4)20(18)16-6-5-7-22-12-16/h5-10,12,18,20H,11,13H2,1-4H3,(H,23,27)/t18-,20-/m0/s1. The quantitative estimate of drug-likeness (QED) is 0.883. The second kappa shape index (κ2) is 7.88. The minimum absolute atomic E-state index is 0.0263. The molecule has 6 nitrogen and oxygen atoms in total. The number of benzene rings is 1. The lowest BCUT2D eigenvalue weighted by molar-refractivity contribution is -0.127. The van der Waals surface area contributed by atoms with Crippen LogP contribution in [0, 0.1) is 12.8 Å². The molecule has 0 saturated carbocycles. The molecule has 2 heterocycles. The van der Waals surface area contributed by atoms with Gasteiger partial charge in [0.05, 0.1) is 12.0 Å². The van der Waals surface area contributed by atoms with Crippen LogP contribution in [-0.2, 0) is 16.1 Å². The fourth-order valence-electron chi connectivity index (χ4n) is 3.74. The molecule has 6 heteroatoms. The van der Waals surface area contributed by atoms with E-state index >= 15 is 0 Å². The molecule has 1 aliphatic heterocycles. The minimum Gasteiger partial charge on any atom is -0.338 e. The summed E-state index contributed by atoms with van der Waals surface area (Å²) in [6.45, 7) is 2.81. The average molecular weight is 366 g/mol. The Bertz CT molecular complexity index is 835. The van der Waals surface area contributed by atoms with E-state index < -0.39 is 5.92 Å². The Morgan fingerprint density at radius 3 is 2.78 bits per heavy atom. The van der Waals surface area contributed by atoms with Gasteiger partial charge in [0.15, 0.2) is 0 Å². The highest BCUT2D eigenvalue weighted by atomic mass is 16.2. The monoisotopic (exact) mass is 366 g/mol. The summed E-state index contributed by atoms with van der Waals surface area (Å²) >= 11 is 0. The maximum absolute atomic E-state index is 13.0. The van der Waals surface area contributed by atoms with Gasteiger partial charge in [0.1, 0.15) is 0 Å².